The Kier molecular flexibility index (Phi) is 3.57. The number of carbonyl (C=O) groups is 1. The summed E-state index contributed by atoms with van der Waals surface area (Å²) >= 11 is 0. The number of aryl methyl sites for hydroxylation is 1. The van der Waals surface area contributed by atoms with Gasteiger partial charge in [-0.2, -0.15) is 0 Å². The van der Waals surface area contributed by atoms with Gasteiger partial charge in [-0.3, -0.25) is 4.79 Å². The van der Waals surface area contributed by atoms with Gasteiger partial charge in [-0.1, -0.05) is 29.8 Å². The van der Waals surface area contributed by atoms with E-state index in [4.69, 9.17) is 0 Å². The van der Waals surface area contributed by atoms with Crippen LogP contribution in [0.5, 0.6) is 0 Å². The molecule has 86 valence electrons. The summed E-state index contributed by atoms with van der Waals surface area (Å²) in [4.78, 5) is 11.5. The van der Waals surface area contributed by atoms with Gasteiger partial charge >= 0.3 is 0 Å². The highest BCUT2D eigenvalue weighted by molar-refractivity contribution is 5.76. The Morgan fingerprint density at radius 1 is 1.38 bits per heavy atom. The molecule has 0 aliphatic carbocycles. The number of hydrogen-bond donors (Lipinski definition) is 2. The van der Waals surface area contributed by atoms with Gasteiger partial charge in [0.05, 0.1) is 0 Å². The van der Waals surface area contributed by atoms with Crippen molar-refractivity contribution in [1.82, 2.24) is 10.6 Å². The first-order chi connectivity index (χ1) is 7.74. The van der Waals surface area contributed by atoms with Crippen molar-refractivity contribution in [1.29, 1.82) is 0 Å². The number of carbonyl (C=O) groups excluding carboxylic acids is 1. The maximum absolute atomic E-state index is 11.5. The van der Waals surface area contributed by atoms with Crippen LogP contribution in [0.25, 0.3) is 0 Å². The van der Waals surface area contributed by atoms with E-state index in [1.54, 1.807) is 0 Å². The minimum Gasteiger partial charge on any atom is -0.352 e. The first-order valence-corrected chi connectivity index (χ1v) is 5.77. The molecule has 2 rings (SSSR count). The first-order valence-electron chi connectivity index (χ1n) is 5.77. The Hall–Kier alpha value is -1.35. The molecule has 1 heterocycles. The van der Waals surface area contributed by atoms with Crippen LogP contribution in [-0.2, 0) is 11.3 Å². The van der Waals surface area contributed by atoms with E-state index >= 15 is 0 Å². The monoisotopic (exact) mass is 218 g/mol. The molecule has 3 heteroatoms. The summed E-state index contributed by atoms with van der Waals surface area (Å²) in [6, 6.07) is 8.25. The fraction of sp³-hybridized carbons (Fsp3) is 0.462. The molecule has 16 heavy (non-hydrogen) atoms. The molecule has 1 aliphatic heterocycles. The Morgan fingerprint density at radius 2 is 2.06 bits per heavy atom. The third-order valence-electron chi connectivity index (χ3n) is 2.95. The van der Waals surface area contributed by atoms with Gasteiger partial charge in [0, 0.05) is 13.0 Å². The zero-order chi connectivity index (χ0) is 11.4. The van der Waals surface area contributed by atoms with Gasteiger partial charge in [0.15, 0.2) is 0 Å². The van der Waals surface area contributed by atoms with Crippen LogP contribution in [0.15, 0.2) is 24.3 Å². The maximum atomic E-state index is 11.5. The lowest BCUT2D eigenvalue weighted by atomic mass is 9.99. The SMILES string of the molecule is Cc1ccc(CNC(=O)CC2CNC2)cc1. The second-order valence-electron chi connectivity index (χ2n) is 4.49. The second-order valence-corrected chi connectivity index (χ2v) is 4.49. The highest BCUT2D eigenvalue weighted by Crippen LogP contribution is 2.08. The predicted molar refractivity (Wildman–Crippen MR) is 64.0 cm³/mol. The van der Waals surface area contributed by atoms with Crippen molar-refractivity contribution in [2.75, 3.05) is 13.1 Å². The molecule has 1 aromatic carbocycles. The van der Waals surface area contributed by atoms with Crippen molar-refractivity contribution in [3.8, 4) is 0 Å². The van der Waals surface area contributed by atoms with Crippen molar-refractivity contribution in [2.24, 2.45) is 5.92 Å². The smallest absolute Gasteiger partial charge is 0.220 e. The topological polar surface area (TPSA) is 41.1 Å². The van der Waals surface area contributed by atoms with E-state index in [1.165, 1.54) is 5.56 Å². The fourth-order valence-corrected chi connectivity index (χ4v) is 1.73. The number of rotatable bonds is 4. The summed E-state index contributed by atoms with van der Waals surface area (Å²) in [5.41, 5.74) is 2.40. The molecule has 0 bridgehead atoms. The lowest BCUT2D eigenvalue weighted by Gasteiger charge is -2.26. The molecular formula is C13H18N2O. The van der Waals surface area contributed by atoms with E-state index in [0.717, 1.165) is 18.7 Å². The number of hydrogen-bond acceptors (Lipinski definition) is 2. The van der Waals surface area contributed by atoms with Crippen molar-refractivity contribution in [2.45, 2.75) is 19.9 Å². The number of nitrogens with one attached hydrogen (secondary N) is 2. The van der Waals surface area contributed by atoms with Crippen LogP contribution in [0, 0.1) is 12.8 Å². The number of amides is 1. The molecule has 0 radical (unpaired) electrons. The quantitative estimate of drug-likeness (QED) is 0.798. The Balaban J connectivity index is 1.73. The predicted octanol–water partition coefficient (Wildman–Crippen LogP) is 1.22. The molecule has 0 saturated carbocycles. The molecule has 1 aromatic rings. The van der Waals surface area contributed by atoms with E-state index in [0.29, 0.717) is 18.9 Å². The lowest BCUT2D eigenvalue weighted by molar-refractivity contribution is -0.122. The highest BCUT2D eigenvalue weighted by Gasteiger charge is 2.19. The van der Waals surface area contributed by atoms with Crippen molar-refractivity contribution in [3.63, 3.8) is 0 Å². The van der Waals surface area contributed by atoms with Gasteiger partial charge in [0.25, 0.3) is 0 Å². The van der Waals surface area contributed by atoms with E-state index in [1.807, 2.05) is 0 Å². The second kappa shape index (κ2) is 5.12. The van der Waals surface area contributed by atoms with Crippen LogP contribution in [-0.4, -0.2) is 19.0 Å². The summed E-state index contributed by atoms with van der Waals surface area (Å²) in [6.45, 7) is 4.67. The van der Waals surface area contributed by atoms with Crippen LogP contribution in [0.2, 0.25) is 0 Å². The van der Waals surface area contributed by atoms with E-state index in [-0.39, 0.29) is 5.91 Å². The molecular weight excluding hydrogens is 200 g/mol. The Morgan fingerprint density at radius 3 is 2.62 bits per heavy atom. The average molecular weight is 218 g/mol. The minimum absolute atomic E-state index is 0.159. The van der Waals surface area contributed by atoms with Gasteiger partial charge in [-0.25, -0.2) is 0 Å². The van der Waals surface area contributed by atoms with Gasteiger partial charge in [0.1, 0.15) is 0 Å². The summed E-state index contributed by atoms with van der Waals surface area (Å²) in [5, 5.41) is 6.12. The van der Waals surface area contributed by atoms with Gasteiger partial charge in [-0.15, -0.1) is 0 Å². The normalized spacial score (nSPS) is 15.6. The largest absolute Gasteiger partial charge is 0.352 e. The summed E-state index contributed by atoms with van der Waals surface area (Å²) < 4.78 is 0. The summed E-state index contributed by atoms with van der Waals surface area (Å²) in [7, 11) is 0. The molecule has 0 unspecified atom stereocenters. The van der Waals surface area contributed by atoms with Crippen LogP contribution < -0.4 is 10.6 Å². The summed E-state index contributed by atoms with van der Waals surface area (Å²) in [5.74, 6) is 0.699. The van der Waals surface area contributed by atoms with Gasteiger partial charge in [-0.05, 0) is 31.5 Å². The molecule has 1 fully saturated rings. The van der Waals surface area contributed by atoms with Crippen molar-refractivity contribution in [3.05, 3.63) is 35.4 Å². The fourth-order valence-electron chi connectivity index (χ4n) is 1.73. The molecule has 1 aliphatic rings. The zero-order valence-corrected chi connectivity index (χ0v) is 9.62. The minimum atomic E-state index is 0.159. The third kappa shape index (κ3) is 3.07. The van der Waals surface area contributed by atoms with Crippen molar-refractivity contribution < 1.29 is 4.79 Å². The lowest BCUT2D eigenvalue weighted by Crippen LogP contribution is -2.44. The summed E-state index contributed by atoms with van der Waals surface area (Å²) in [6.07, 6.45) is 0.652. The molecule has 0 atom stereocenters. The Labute approximate surface area is 96.2 Å². The standard InChI is InChI=1S/C13H18N2O/c1-10-2-4-11(5-3-10)9-15-13(16)6-12-7-14-8-12/h2-5,12,14H,6-9H2,1H3,(H,15,16). The highest BCUT2D eigenvalue weighted by atomic mass is 16.1. The molecule has 0 aromatic heterocycles. The van der Waals surface area contributed by atoms with Gasteiger partial charge in [0.2, 0.25) is 5.91 Å². The van der Waals surface area contributed by atoms with Crippen LogP contribution in [0.3, 0.4) is 0 Å². The van der Waals surface area contributed by atoms with E-state index < -0.39 is 0 Å². The van der Waals surface area contributed by atoms with Crippen LogP contribution in [0.1, 0.15) is 17.5 Å². The van der Waals surface area contributed by atoms with Crippen molar-refractivity contribution >= 4 is 5.91 Å². The first kappa shape index (κ1) is 11.1. The molecule has 2 N–H and O–H groups in total. The molecule has 3 nitrogen and oxygen atoms in total. The van der Waals surface area contributed by atoms with E-state index in [9.17, 15) is 4.79 Å². The molecule has 1 saturated heterocycles. The average Bonchev–Trinajstić information content (AvgIpc) is 2.23. The molecule has 1 amide bonds. The van der Waals surface area contributed by atoms with Crippen LogP contribution >= 0.6 is 0 Å². The van der Waals surface area contributed by atoms with Crippen LogP contribution in [0.4, 0.5) is 0 Å². The third-order valence-corrected chi connectivity index (χ3v) is 2.95. The van der Waals surface area contributed by atoms with Gasteiger partial charge < -0.3 is 10.6 Å². The molecule has 0 spiro atoms. The van der Waals surface area contributed by atoms with E-state index in [2.05, 4.69) is 41.8 Å². The number of benzene rings is 1. The Bertz CT molecular complexity index is 355. The zero-order valence-electron chi connectivity index (χ0n) is 9.62. The maximum Gasteiger partial charge on any atom is 0.220 e.